The average Bonchev–Trinajstić information content (AvgIpc) is 2.70. The van der Waals surface area contributed by atoms with Gasteiger partial charge in [0.25, 0.3) is 15.9 Å². The van der Waals surface area contributed by atoms with Gasteiger partial charge in [-0.1, -0.05) is 0 Å². The molecule has 0 spiro atoms. The van der Waals surface area contributed by atoms with Gasteiger partial charge in [0.15, 0.2) is 23.3 Å². The predicted octanol–water partition coefficient (Wildman–Crippen LogP) is 3.84. The van der Waals surface area contributed by atoms with Gasteiger partial charge >= 0.3 is 0 Å². The molecule has 3 rings (SSSR count). The van der Waals surface area contributed by atoms with Crippen molar-refractivity contribution in [3.63, 3.8) is 0 Å². The van der Waals surface area contributed by atoms with Crippen LogP contribution in [-0.2, 0) is 10.0 Å². The van der Waals surface area contributed by atoms with Crippen LogP contribution in [0.2, 0.25) is 0 Å². The standard InChI is InChI=1S/C19H13F5N4O3S/c1-8-7-9(2)26-19(25-8)28-32(30,31)11-5-3-10(4-6-11)27-18(29)12-13(20)15(22)17(24)16(23)14(12)21/h3-7H,1-2H3,(H,27,29)(H,25,26,28). The van der Waals surface area contributed by atoms with E-state index in [0.717, 1.165) is 24.3 Å². The van der Waals surface area contributed by atoms with E-state index in [9.17, 15) is 35.2 Å². The van der Waals surface area contributed by atoms with E-state index in [1.54, 1.807) is 19.9 Å². The molecule has 0 saturated heterocycles. The van der Waals surface area contributed by atoms with Gasteiger partial charge in [-0.05, 0) is 44.2 Å². The third kappa shape index (κ3) is 4.51. The van der Waals surface area contributed by atoms with Gasteiger partial charge in [0, 0.05) is 17.1 Å². The average molecular weight is 472 g/mol. The van der Waals surface area contributed by atoms with Crippen LogP contribution in [0.1, 0.15) is 21.7 Å². The van der Waals surface area contributed by atoms with Crippen LogP contribution in [0, 0.1) is 42.9 Å². The van der Waals surface area contributed by atoms with Crippen molar-refractivity contribution in [2.24, 2.45) is 0 Å². The van der Waals surface area contributed by atoms with E-state index in [2.05, 4.69) is 14.7 Å². The number of rotatable bonds is 5. The van der Waals surface area contributed by atoms with Crippen LogP contribution < -0.4 is 10.0 Å². The zero-order chi connectivity index (χ0) is 23.8. The Hall–Kier alpha value is -3.61. The summed E-state index contributed by atoms with van der Waals surface area (Å²) < 4.78 is 94.3. The summed E-state index contributed by atoms with van der Waals surface area (Å²) in [5.41, 5.74) is -0.782. The van der Waals surface area contributed by atoms with Crippen molar-refractivity contribution in [3.05, 3.63) is 76.4 Å². The number of benzene rings is 2. The molecule has 2 N–H and O–H groups in total. The SMILES string of the molecule is Cc1cc(C)nc(NS(=O)(=O)c2ccc(NC(=O)c3c(F)c(F)c(F)c(F)c3F)cc2)n1. The maximum Gasteiger partial charge on any atom is 0.264 e. The summed E-state index contributed by atoms with van der Waals surface area (Å²) in [7, 11) is -4.12. The molecule has 32 heavy (non-hydrogen) atoms. The lowest BCUT2D eigenvalue weighted by molar-refractivity contribution is 0.101. The first-order valence-corrected chi connectivity index (χ1v) is 10.2. The fraction of sp³-hybridized carbons (Fsp3) is 0.105. The molecule has 1 amide bonds. The summed E-state index contributed by atoms with van der Waals surface area (Å²) in [4.78, 5) is 19.7. The van der Waals surface area contributed by atoms with Gasteiger partial charge < -0.3 is 5.32 Å². The highest BCUT2D eigenvalue weighted by molar-refractivity contribution is 7.92. The number of carbonyl (C=O) groups excluding carboxylic acids is 1. The first-order chi connectivity index (χ1) is 14.9. The van der Waals surface area contributed by atoms with Crippen molar-refractivity contribution in [3.8, 4) is 0 Å². The normalized spacial score (nSPS) is 11.3. The van der Waals surface area contributed by atoms with Crippen LogP contribution in [0.25, 0.3) is 0 Å². The largest absolute Gasteiger partial charge is 0.322 e. The monoisotopic (exact) mass is 472 g/mol. The zero-order valence-electron chi connectivity index (χ0n) is 16.3. The fourth-order valence-corrected chi connectivity index (χ4v) is 3.61. The van der Waals surface area contributed by atoms with Gasteiger partial charge in [0.1, 0.15) is 5.56 Å². The molecule has 0 atom stereocenters. The van der Waals surface area contributed by atoms with Crippen LogP contribution in [0.5, 0.6) is 0 Å². The number of carbonyl (C=O) groups is 1. The van der Waals surface area contributed by atoms with Crippen LogP contribution in [0.4, 0.5) is 33.6 Å². The van der Waals surface area contributed by atoms with Gasteiger partial charge in [-0.2, -0.15) is 0 Å². The Morgan fingerprint density at radius 1 is 0.812 bits per heavy atom. The Balaban J connectivity index is 1.83. The van der Waals surface area contributed by atoms with Crippen molar-refractivity contribution < 1.29 is 35.2 Å². The highest BCUT2D eigenvalue weighted by atomic mass is 32.2. The quantitative estimate of drug-likeness (QED) is 0.334. The molecule has 0 aliphatic carbocycles. The highest BCUT2D eigenvalue weighted by Gasteiger charge is 2.29. The Kier molecular flexibility index (Phi) is 6.12. The van der Waals surface area contributed by atoms with Crippen LogP contribution in [0.3, 0.4) is 0 Å². The maximum absolute atomic E-state index is 13.8. The van der Waals surface area contributed by atoms with E-state index in [1.165, 1.54) is 0 Å². The third-order valence-electron chi connectivity index (χ3n) is 4.07. The van der Waals surface area contributed by atoms with E-state index in [1.807, 2.05) is 5.32 Å². The first kappa shape index (κ1) is 23.1. The second-order valence-corrected chi connectivity index (χ2v) is 8.19. The summed E-state index contributed by atoms with van der Waals surface area (Å²) in [5, 5.41) is 1.94. The van der Waals surface area contributed by atoms with Gasteiger partial charge in [-0.3, -0.25) is 4.79 Å². The van der Waals surface area contributed by atoms with Crippen molar-refractivity contribution in [1.82, 2.24) is 9.97 Å². The molecule has 0 aliphatic heterocycles. The topological polar surface area (TPSA) is 101 Å². The number of halogens is 5. The fourth-order valence-electron chi connectivity index (χ4n) is 2.67. The van der Waals surface area contributed by atoms with E-state index in [0.29, 0.717) is 11.4 Å². The number of hydrogen-bond acceptors (Lipinski definition) is 5. The Bertz CT molecular complexity index is 1280. The van der Waals surface area contributed by atoms with E-state index in [-0.39, 0.29) is 16.5 Å². The molecule has 0 bridgehead atoms. The number of amides is 1. The Morgan fingerprint density at radius 2 is 1.28 bits per heavy atom. The lowest BCUT2D eigenvalue weighted by atomic mass is 10.1. The Morgan fingerprint density at radius 3 is 1.78 bits per heavy atom. The molecule has 2 aromatic carbocycles. The minimum Gasteiger partial charge on any atom is -0.322 e. The van der Waals surface area contributed by atoms with Crippen LogP contribution in [-0.4, -0.2) is 24.3 Å². The number of aryl methyl sites for hydroxylation is 2. The molecule has 3 aromatic rings. The van der Waals surface area contributed by atoms with Gasteiger partial charge in [0.2, 0.25) is 11.8 Å². The van der Waals surface area contributed by atoms with E-state index >= 15 is 0 Å². The molecule has 0 aliphatic rings. The summed E-state index contributed by atoms with van der Waals surface area (Å²) in [6.45, 7) is 3.29. The van der Waals surface area contributed by atoms with Crippen molar-refractivity contribution in [2.75, 3.05) is 10.0 Å². The number of nitrogens with one attached hydrogen (secondary N) is 2. The Labute approximate surface area is 178 Å². The molecule has 0 radical (unpaired) electrons. The summed E-state index contributed by atoms with van der Waals surface area (Å²) >= 11 is 0. The predicted molar refractivity (Wildman–Crippen MR) is 103 cm³/mol. The number of anilines is 2. The molecule has 0 fully saturated rings. The van der Waals surface area contributed by atoms with E-state index in [4.69, 9.17) is 0 Å². The van der Waals surface area contributed by atoms with Crippen LogP contribution in [0.15, 0.2) is 35.2 Å². The lowest BCUT2D eigenvalue weighted by Crippen LogP contribution is -2.19. The second-order valence-electron chi connectivity index (χ2n) is 6.50. The molecule has 0 saturated carbocycles. The van der Waals surface area contributed by atoms with E-state index < -0.39 is 50.6 Å². The molecular weight excluding hydrogens is 459 g/mol. The van der Waals surface area contributed by atoms with Crippen LogP contribution >= 0.6 is 0 Å². The van der Waals surface area contributed by atoms with Gasteiger partial charge in [-0.25, -0.2) is 45.1 Å². The molecule has 1 heterocycles. The molecule has 168 valence electrons. The third-order valence-corrected chi connectivity index (χ3v) is 5.41. The number of sulfonamides is 1. The molecule has 7 nitrogen and oxygen atoms in total. The van der Waals surface area contributed by atoms with Crippen molar-refractivity contribution >= 4 is 27.6 Å². The summed E-state index contributed by atoms with van der Waals surface area (Å²) in [6, 6.07) is 5.83. The molecule has 0 unspecified atom stereocenters. The minimum absolute atomic E-state index is 0.161. The molecular formula is C19H13F5N4O3S. The number of hydrogen-bond donors (Lipinski definition) is 2. The smallest absolute Gasteiger partial charge is 0.264 e. The number of aromatic nitrogens is 2. The second kappa shape index (κ2) is 8.49. The zero-order valence-corrected chi connectivity index (χ0v) is 17.1. The van der Waals surface area contributed by atoms with Crippen molar-refractivity contribution in [1.29, 1.82) is 0 Å². The van der Waals surface area contributed by atoms with Gasteiger partial charge in [0.05, 0.1) is 4.90 Å². The summed E-state index contributed by atoms with van der Waals surface area (Å²) in [6.07, 6.45) is 0. The first-order valence-electron chi connectivity index (χ1n) is 8.68. The highest BCUT2D eigenvalue weighted by Crippen LogP contribution is 2.24. The van der Waals surface area contributed by atoms with Crippen molar-refractivity contribution in [2.45, 2.75) is 18.7 Å². The lowest BCUT2D eigenvalue weighted by Gasteiger charge is -2.11. The molecule has 1 aromatic heterocycles. The summed E-state index contributed by atoms with van der Waals surface area (Å²) in [5.74, 6) is -13.3. The number of nitrogens with zero attached hydrogens (tertiary/aromatic N) is 2. The molecule has 13 heteroatoms. The minimum atomic E-state index is -4.12. The van der Waals surface area contributed by atoms with Gasteiger partial charge in [-0.15, -0.1) is 0 Å². The maximum atomic E-state index is 13.8.